The molecule has 3 aromatic rings. The number of para-hydroxylation sites is 4. The minimum Gasteiger partial charge on any atom is -0.490 e. The fourth-order valence-corrected chi connectivity index (χ4v) is 5.94. The SMILES string of the molecule is COCCCC[n+]1c(C(=O)N(CC(C)C)C2CNCC(C(=O)N3CCOc4ccccc43)C2)[nH]c2ccccc21. The Morgan fingerprint density at radius 1 is 1.12 bits per heavy atom. The lowest BCUT2D eigenvalue weighted by atomic mass is 9.92. The Morgan fingerprint density at radius 2 is 1.93 bits per heavy atom. The number of aromatic amines is 1. The number of carbonyl (C=O) groups excluding carboxylic acids is 2. The van der Waals surface area contributed by atoms with Crippen LogP contribution in [0.25, 0.3) is 11.0 Å². The van der Waals surface area contributed by atoms with E-state index < -0.39 is 0 Å². The van der Waals surface area contributed by atoms with Crippen LogP contribution in [0.4, 0.5) is 5.69 Å². The number of hydrogen-bond donors (Lipinski definition) is 2. The van der Waals surface area contributed by atoms with Crippen molar-refractivity contribution in [2.24, 2.45) is 11.8 Å². The molecule has 3 heterocycles. The van der Waals surface area contributed by atoms with Crippen LogP contribution in [0.5, 0.6) is 5.75 Å². The number of H-pyrrole nitrogens is 1. The molecule has 0 aliphatic carbocycles. The molecule has 2 unspecified atom stereocenters. The monoisotopic (exact) mass is 548 g/mol. The highest BCUT2D eigenvalue weighted by molar-refractivity contribution is 5.97. The third-order valence-corrected chi connectivity index (χ3v) is 7.84. The lowest BCUT2D eigenvalue weighted by Crippen LogP contribution is -2.57. The molecule has 2 N–H and O–H groups in total. The molecule has 0 radical (unpaired) electrons. The van der Waals surface area contributed by atoms with Crippen molar-refractivity contribution in [1.82, 2.24) is 15.2 Å². The lowest BCUT2D eigenvalue weighted by Gasteiger charge is -2.39. The standard InChI is InChI=1S/C31H41N5O4/c1-22(2)21-36(31(38)29-33-25-10-4-5-11-26(25)34(29)14-8-9-16-39-3)24-18-23(19-32-20-24)30(37)35-15-17-40-28-13-7-6-12-27(28)35/h4-7,10-13,22-24,32H,8-9,14-21H2,1-3H3/p+1. The second kappa shape index (κ2) is 12.8. The van der Waals surface area contributed by atoms with Crippen molar-refractivity contribution in [3.63, 3.8) is 0 Å². The summed E-state index contributed by atoms with van der Waals surface area (Å²) in [6.07, 6.45) is 2.46. The molecular weight excluding hydrogens is 506 g/mol. The summed E-state index contributed by atoms with van der Waals surface area (Å²) in [5, 5.41) is 3.47. The van der Waals surface area contributed by atoms with E-state index in [0.29, 0.717) is 51.6 Å². The number of unbranched alkanes of at least 4 members (excludes halogenated alkanes) is 1. The van der Waals surface area contributed by atoms with Gasteiger partial charge in [0, 0.05) is 39.4 Å². The zero-order valence-corrected chi connectivity index (χ0v) is 23.9. The quantitative estimate of drug-likeness (QED) is 0.300. The Hall–Kier alpha value is -3.43. The van der Waals surface area contributed by atoms with Crippen molar-refractivity contribution in [2.45, 2.75) is 45.7 Å². The number of imidazole rings is 1. The molecule has 1 fully saturated rings. The van der Waals surface area contributed by atoms with Crippen molar-refractivity contribution in [3.8, 4) is 5.75 Å². The van der Waals surface area contributed by atoms with E-state index in [9.17, 15) is 9.59 Å². The predicted octanol–water partition coefficient (Wildman–Crippen LogP) is 3.38. The van der Waals surface area contributed by atoms with Gasteiger partial charge in [0.2, 0.25) is 5.91 Å². The lowest BCUT2D eigenvalue weighted by molar-refractivity contribution is -0.674. The van der Waals surface area contributed by atoms with E-state index in [4.69, 9.17) is 9.47 Å². The van der Waals surface area contributed by atoms with Crippen LogP contribution in [0.1, 0.15) is 43.7 Å². The smallest absolute Gasteiger partial charge is 0.346 e. The summed E-state index contributed by atoms with van der Waals surface area (Å²) in [7, 11) is 1.71. The number of aryl methyl sites for hydroxylation is 1. The number of aromatic nitrogens is 2. The number of rotatable bonds is 10. The zero-order chi connectivity index (χ0) is 28.1. The first-order valence-corrected chi connectivity index (χ1v) is 14.5. The number of nitrogens with zero attached hydrogens (tertiary/aromatic N) is 3. The molecule has 2 aliphatic heterocycles. The summed E-state index contributed by atoms with van der Waals surface area (Å²) in [4.78, 5) is 35.4. The van der Waals surface area contributed by atoms with E-state index in [1.165, 1.54) is 0 Å². The maximum absolute atomic E-state index is 14.3. The molecule has 214 valence electrons. The van der Waals surface area contributed by atoms with E-state index in [0.717, 1.165) is 41.9 Å². The van der Waals surface area contributed by atoms with Crippen LogP contribution >= 0.6 is 0 Å². The molecule has 0 bridgehead atoms. The van der Waals surface area contributed by atoms with Gasteiger partial charge in [0.05, 0.1) is 24.7 Å². The van der Waals surface area contributed by atoms with Gasteiger partial charge in [-0.3, -0.25) is 9.59 Å². The van der Waals surface area contributed by atoms with E-state index in [-0.39, 0.29) is 29.7 Å². The van der Waals surface area contributed by atoms with Gasteiger partial charge in [-0.1, -0.05) is 38.1 Å². The Balaban J connectivity index is 1.39. The van der Waals surface area contributed by atoms with Gasteiger partial charge < -0.3 is 24.6 Å². The number of amides is 2. The third-order valence-electron chi connectivity index (χ3n) is 7.84. The summed E-state index contributed by atoms with van der Waals surface area (Å²) in [6, 6.07) is 15.7. The fourth-order valence-electron chi connectivity index (χ4n) is 5.94. The van der Waals surface area contributed by atoms with Gasteiger partial charge in [-0.05, 0) is 49.4 Å². The normalized spacial score (nSPS) is 18.9. The number of anilines is 1. The highest BCUT2D eigenvalue weighted by Gasteiger charge is 2.39. The van der Waals surface area contributed by atoms with Gasteiger partial charge >= 0.3 is 11.7 Å². The first-order chi connectivity index (χ1) is 19.5. The molecule has 9 nitrogen and oxygen atoms in total. The molecule has 0 spiro atoms. The van der Waals surface area contributed by atoms with Crippen LogP contribution in [0, 0.1) is 11.8 Å². The van der Waals surface area contributed by atoms with Crippen LogP contribution in [-0.2, 0) is 16.1 Å². The Morgan fingerprint density at radius 3 is 2.75 bits per heavy atom. The molecular formula is C31H42N5O4+. The summed E-state index contributed by atoms with van der Waals surface area (Å²) in [5.74, 6) is 1.46. The Bertz CT molecular complexity index is 1320. The average Bonchev–Trinajstić information content (AvgIpc) is 3.35. The van der Waals surface area contributed by atoms with Crippen molar-refractivity contribution in [2.75, 3.05) is 51.4 Å². The van der Waals surface area contributed by atoms with Crippen molar-refractivity contribution < 1.29 is 23.6 Å². The van der Waals surface area contributed by atoms with Gasteiger partial charge in [-0.25, -0.2) is 9.55 Å². The third kappa shape index (κ3) is 6.00. The van der Waals surface area contributed by atoms with Gasteiger partial charge in [-0.2, -0.15) is 0 Å². The largest absolute Gasteiger partial charge is 0.490 e. The first kappa shape index (κ1) is 28.1. The number of ether oxygens (including phenoxy) is 2. The molecule has 40 heavy (non-hydrogen) atoms. The minimum absolute atomic E-state index is 0.0201. The number of methoxy groups -OCH3 is 1. The van der Waals surface area contributed by atoms with Gasteiger partial charge in [-0.15, -0.1) is 0 Å². The second-order valence-electron chi connectivity index (χ2n) is 11.2. The summed E-state index contributed by atoms with van der Waals surface area (Å²) >= 11 is 0. The van der Waals surface area contributed by atoms with Gasteiger partial charge in [0.1, 0.15) is 12.4 Å². The molecule has 2 aliphatic rings. The zero-order valence-electron chi connectivity index (χ0n) is 23.9. The van der Waals surface area contributed by atoms with Crippen LogP contribution in [-0.4, -0.2) is 74.2 Å². The second-order valence-corrected chi connectivity index (χ2v) is 11.2. The molecule has 1 aromatic heterocycles. The van der Waals surface area contributed by atoms with E-state index in [1.807, 2.05) is 52.3 Å². The van der Waals surface area contributed by atoms with Gasteiger partial charge in [0.15, 0.2) is 11.0 Å². The predicted molar refractivity (Wildman–Crippen MR) is 155 cm³/mol. The van der Waals surface area contributed by atoms with Crippen molar-refractivity contribution in [1.29, 1.82) is 0 Å². The molecule has 2 amide bonds. The Kier molecular flexibility index (Phi) is 9.01. The molecule has 2 atom stereocenters. The van der Waals surface area contributed by atoms with Crippen LogP contribution in [0.15, 0.2) is 48.5 Å². The van der Waals surface area contributed by atoms with Crippen LogP contribution < -0.4 is 19.5 Å². The first-order valence-electron chi connectivity index (χ1n) is 14.5. The number of nitrogens with one attached hydrogen (secondary N) is 2. The maximum Gasteiger partial charge on any atom is 0.346 e. The highest BCUT2D eigenvalue weighted by atomic mass is 16.5. The number of carbonyl (C=O) groups is 2. The van der Waals surface area contributed by atoms with E-state index in [1.54, 1.807) is 7.11 Å². The molecule has 1 saturated heterocycles. The molecule has 9 heteroatoms. The summed E-state index contributed by atoms with van der Waals surface area (Å²) in [5.41, 5.74) is 2.79. The van der Waals surface area contributed by atoms with Crippen LogP contribution in [0.2, 0.25) is 0 Å². The molecule has 5 rings (SSSR count). The van der Waals surface area contributed by atoms with Crippen molar-refractivity contribution in [3.05, 3.63) is 54.4 Å². The van der Waals surface area contributed by atoms with E-state index in [2.05, 4.69) is 34.8 Å². The van der Waals surface area contributed by atoms with E-state index >= 15 is 0 Å². The molecule has 0 saturated carbocycles. The number of benzene rings is 2. The minimum atomic E-state index is -0.226. The van der Waals surface area contributed by atoms with Gasteiger partial charge in [0.25, 0.3) is 0 Å². The molecule has 2 aromatic carbocycles. The highest BCUT2D eigenvalue weighted by Crippen LogP contribution is 2.33. The fraction of sp³-hybridized carbons (Fsp3) is 0.516. The van der Waals surface area contributed by atoms with Crippen molar-refractivity contribution >= 4 is 28.5 Å². The summed E-state index contributed by atoms with van der Waals surface area (Å²) in [6.45, 7) is 8.58. The Labute approximate surface area is 236 Å². The summed E-state index contributed by atoms with van der Waals surface area (Å²) < 4.78 is 13.1. The van der Waals surface area contributed by atoms with Crippen LogP contribution in [0.3, 0.4) is 0 Å². The average molecular weight is 549 g/mol. The number of fused-ring (bicyclic) bond motifs is 2. The number of hydrogen-bond acceptors (Lipinski definition) is 5. The maximum atomic E-state index is 14.3. The number of piperidine rings is 1. The topological polar surface area (TPSA) is 90.8 Å².